The van der Waals surface area contributed by atoms with Crippen LogP contribution in [0.2, 0.25) is 0 Å². The number of aromatic nitrogens is 1. The molecule has 0 saturated carbocycles. The van der Waals surface area contributed by atoms with Gasteiger partial charge in [-0.3, -0.25) is 0 Å². The Labute approximate surface area is 108 Å². The molecule has 2 rings (SSSR count). The molecule has 0 amide bonds. The predicted octanol–water partition coefficient (Wildman–Crippen LogP) is 3.36. The van der Waals surface area contributed by atoms with Crippen LogP contribution in [0.3, 0.4) is 0 Å². The fourth-order valence-electron chi connectivity index (χ4n) is 1.47. The maximum absolute atomic E-state index is 5.91. The number of fused-ring (bicyclic) bond motifs is 1. The van der Waals surface area contributed by atoms with Gasteiger partial charge in [-0.1, -0.05) is 13.8 Å². The molecule has 0 saturated heterocycles. The molecule has 1 atom stereocenters. The van der Waals surface area contributed by atoms with Crippen LogP contribution in [0.25, 0.3) is 0 Å². The molecule has 0 N–H and O–H groups in total. The van der Waals surface area contributed by atoms with Crippen molar-refractivity contribution in [3.05, 3.63) is 10.7 Å². The molecule has 3 nitrogen and oxygen atoms in total. The van der Waals surface area contributed by atoms with Gasteiger partial charge in [-0.2, -0.15) is 0 Å². The van der Waals surface area contributed by atoms with Crippen LogP contribution >= 0.6 is 27.7 Å². The van der Waals surface area contributed by atoms with Gasteiger partial charge in [0.05, 0.1) is 0 Å². The van der Waals surface area contributed by atoms with Gasteiger partial charge in [0.2, 0.25) is 0 Å². The van der Waals surface area contributed by atoms with Gasteiger partial charge in [-0.15, -0.1) is 11.8 Å². The summed E-state index contributed by atoms with van der Waals surface area (Å²) >= 11 is 4.99. The van der Waals surface area contributed by atoms with Crippen molar-refractivity contribution in [3.63, 3.8) is 0 Å². The van der Waals surface area contributed by atoms with Crippen LogP contribution in [-0.2, 0) is 0 Å². The highest BCUT2D eigenvalue weighted by Crippen LogP contribution is 2.40. The number of rotatable bonds is 2. The van der Waals surface area contributed by atoms with Gasteiger partial charge in [-0.05, 0) is 28.1 Å². The van der Waals surface area contributed by atoms with Crippen LogP contribution in [0, 0.1) is 5.92 Å². The van der Waals surface area contributed by atoms with E-state index in [1.807, 2.05) is 12.3 Å². The van der Waals surface area contributed by atoms with E-state index < -0.39 is 0 Å². The molecule has 5 heteroatoms. The van der Waals surface area contributed by atoms with E-state index in [0.717, 1.165) is 21.1 Å². The lowest BCUT2D eigenvalue weighted by Gasteiger charge is -2.29. The minimum absolute atomic E-state index is 0.122. The lowest BCUT2D eigenvalue weighted by atomic mass is 10.1. The van der Waals surface area contributed by atoms with Gasteiger partial charge in [0.25, 0.3) is 0 Å². The average molecular weight is 304 g/mol. The van der Waals surface area contributed by atoms with Gasteiger partial charge >= 0.3 is 0 Å². The standard InChI is InChI=1S/C11H14BrNO2S/c1-6(2)8-5-14-10-7(15-8)4-9(16-3)13-11(10)12/h4,6,8H,5H2,1-3H3. The Morgan fingerprint density at radius 2 is 2.31 bits per heavy atom. The van der Waals surface area contributed by atoms with Gasteiger partial charge in [-0.25, -0.2) is 4.98 Å². The van der Waals surface area contributed by atoms with E-state index >= 15 is 0 Å². The average Bonchev–Trinajstić information content (AvgIpc) is 2.28. The third kappa shape index (κ3) is 2.30. The number of hydrogen-bond donors (Lipinski definition) is 0. The van der Waals surface area contributed by atoms with Crippen molar-refractivity contribution in [2.75, 3.05) is 12.9 Å². The molecule has 1 aromatic rings. The van der Waals surface area contributed by atoms with E-state index in [2.05, 4.69) is 34.8 Å². The number of halogens is 1. The van der Waals surface area contributed by atoms with Crippen LogP contribution < -0.4 is 9.47 Å². The largest absolute Gasteiger partial charge is 0.483 e. The second-order valence-corrected chi connectivity index (χ2v) is 5.57. The summed E-state index contributed by atoms with van der Waals surface area (Å²) in [6.07, 6.45) is 2.11. The molecule has 1 aliphatic heterocycles. The highest BCUT2D eigenvalue weighted by atomic mass is 79.9. The molecular weight excluding hydrogens is 290 g/mol. The van der Waals surface area contributed by atoms with Gasteiger partial charge < -0.3 is 9.47 Å². The predicted molar refractivity (Wildman–Crippen MR) is 68.5 cm³/mol. The van der Waals surface area contributed by atoms with E-state index in [9.17, 15) is 0 Å². The van der Waals surface area contributed by atoms with E-state index in [1.165, 1.54) is 0 Å². The molecule has 0 fully saturated rings. The van der Waals surface area contributed by atoms with Crippen LogP contribution in [0.15, 0.2) is 15.7 Å². The lowest BCUT2D eigenvalue weighted by molar-refractivity contribution is 0.0574. The quantitative estimate of drug-likeness (QED) is 0.619. The number of pyridine rings is 1. The van der Waals surface area contributed by atoms with Crippen molar-refractivity contribution in [1.29, 1.82) is 0 Å². The van der Waals surface area contributed by atoms with Crippen LogP contribution in [0.4, 0.5) is 0 Å². The highest BCUT2D eigenvalue weighted by molar-refractivity contribution is 9.10. The Hall–Kier alpha value is -0.420. The van der Waals surface area contributed by atoms with Gasteiger partial charge in [0, 0.05) is 6.07 Å². The topological polar surface area (TPSA) is 31.4 Å². The Morgan fingerprint density at radius 3 is 2.94 bits per heavy atom. The molecule has 0 aromatic carbocycles. The molecule has 1 aromatic heterocycles. The molecular formula is C11H14BrNO2S. The van der Waals surface area contributed by atoms with Crippen molar-refractivity contribution < 1.29 is 9.47 Å². The molecule has 1 unspecified atom stereocenters. The Morgan fingerprint density at radius 1 is 1.56 bits per heavy atom. The van der Waals surface area contributed by atoms with Crippen molar-refractivity contribution in [3.8, 4) is 11.5 Å². The summed E-state index contributed by atoms with van der Waals surface area (Å²) in [6, 6.07) is 1.93. The molecule has 16 heavy (non-hydrogen) atoms. The SMILES string of the molecule is CSc1cc2c(c(Br)n1)OCC(C(C)C)O2. The Kier molecular flexibility index (Phi) is 3.64. The number of hydrogen-bond acceptors (Lipinski definition) is 4. The van der Waals surface area contributed by atoms with Crippen molar-refractivity contribution in [2.45, 2.75) is 25.0 Å². The van der Waals surface area contributed by atoms with E-state index in [4.69, 9.17) is 9.47 Å². The van der Waals surface area contributed by atoms with Crippen LogP contribution in [-0.4, -0.2) is 24.0 Å². The second kappa shape index (κ2) is 4.84. The van der Waals surface area contributed by atoms with Crippen molar-refractivity contribution in [2.24, 2.45) is 5.92 Å². The minimum Gasteiger partial charge on any atom is -0.483 e. The summed E-state index contributed by atoms with van der Waals surface area (Å²) in [5.41, 5.74) is 0. The zero-order valence-corrected chi connectivity index (χ0v) is 11.9. The van der Waals surface area contributed by atoms with E-state index in [-0.39, 0.29) is 6.10 Å². The van der Waals surface area contributed by atoms with Crippen LogP contribution in [0.1, 0.15) is 13.8 Å². The molecule has 1 aliphatic rings. The van der Waals surface area contributed by atoms with E-state index in [0.29, 0.717) is 12.5 Å². The Balaban J connectivity index is 2.33. The summed E-state index contributed by atoms with van der Waals surface area (Å²) in [5.74, 6) is 1.95. The zero-order chi connectivity index (χ0) is 11.7. The first-order chi connectivity index (χ1) is 7.61. The van der Waals surface area contributed by atoms with E-state index in [1.54, 1.807) is 11.8 Å². The fraction of sp³-hybridized carbons (Fsp3) is 0.545. The molecule has 0 radical (unpaired) electrons. The molecule has 0 bridgehead atoms. The number of thioether (sulfide) groups is 1. The van der Waals surface area contributed by atoms with Crippen molar-refractivity contribution >= 4 is 27.7 Å². The molecule has 2 heterocycles. The fourth-order valence-corrected chi connectivity index (χ4v) is 2.50. The van der Waals surface area contributed by atoms with Crippen molar-refractivity contribution in [1.82, 2.24) is 4.98 Å². The second-order valence-electron chi connectivity index (χ2n) is 3.99. The Bertz CT molecular complexity index is 398. The molecule has 0 aliphatic carbocycles. The summed E-state index contributed by atoms with van der Waals surface area (Å²) in [5, 5.41) is 0.929. The summed E-state index contributed by atoms with van der Waals surface area (Å²) < 4.78 is 12.3. The van der Waals surface area contributed by atoms with Crippen LogP contribution in [0.5, 0.6) is 11.5 Å². The number of nitrogens with zero attached hydrogens (tertiary/aromatic N) is 1. The number of ether oxygens (including phenoxy) is 2. The maximum atomic E-state index is 5.91. The first kappa shape index (κ1) is 12.0. The molecule has 0 spiro atoms. The lowest BCUT2D eigenvalue weighted by Crippen LogP contribution is -2.33. The highest BCUT2D eigenvalue weighted by Gasteiger charge is 2.26. The molecule has 88 valence electrons. The minimum atomic E-state index is 0.122. The monoisotopic (exact) mass is 303 g/mol. The third-order valence-electron chi connectivity index (χ3n) is 2.50. The summed E-state index contributed by atoms with van der Waals surface area (Å²) in [6.45, 7) is 4.85. The first-order valence-corrected chi connectivity index (χ1v) is 7.17. The van der Waals surface area contributed by atoms with Gasteiger partial charge in [0.15, 0.2) is 16.1 Å². The normalized spacial score (nSPS) is 18.9. The summed E-state index contributed by atoms with van der Waals surface area (Å²) in [7, 11) is 0. The first-order valence-electron chi connectivity index (χ1n) is 5.15. The third-order valence-corrected chi connectivity index (χ3v) is 3.66. The zero-order valence-electron chi connectivity index (χ0n) is 9.49. The summed E-state index contributed by atoms with van der Waals surface area (Å²) in [4.78, 5) is 4.35. The maximum Gasteiger partial charge on any atom is 0.194 e. The smallest absolute Gasteiger partial charge is 0.194 e. The van der Waals surface area contributed by atoms with Gasteiger partial charge in [0.1, 0.15) is 17.7 Å².